The van der Waals surface area contributed by atoms with Gasteiger partial charge in [0.25, 0.3) is 5.78 Å². The molecule has 1 aliphatic heterocycles. The van der Waals surface area contributed by atoms with Gasteiger partial charge in [-0.2, -0.15) is 14.6 Å². The lowest BCUT2D eigenvalue weighted by Gasteiger charge is -2.35. The number of hydrogen-bond donors (Lipinski definition) is 1. The maximum absolute atomic E-state index is 4.52. The second kappa shape index (κ2) is 6.35. The Balaban J connectivity index is 1.51. The molecule has 6 nitrogen and oxygen atoms in total. The molecule has 6 heteroatoms. The number of hydrogen-bond acceptors (Lipinski definition) is 5. The summed E-state index contributed by atoms with van der Waals surface area (Å²) in [6.45, 7) is 8.30. The third kappa shape index (κ3) is 3.04. The van der Waals surface area contributed by atoms with Gasteiger partial charge in [-0.3, -0.25) is 0 Å². The number of aryl methyl sites for hydroxylation is 2. The molecule has 0 amide bonds. The number of anilines is 2. The van der Waals surface area contributed by atoms with Crippen LogP contribution in [-0.2, 0) is 0 Å². The Morgan fingerprint density at radius 3 is 2.68 bits per heavy atom. The molecule has 0 unspecified atom stereocenters. The lowest BCUT2D eigenvalue weighted by molar-refractivity contribution is 0.519. The van der Waals surface area contributed by atoms with Crippen LogP contribution in [0.2, 0.25) is 0 Å². The van der Waals surface area contributed by atoms with E-state index in [1.807, 2.05) is 11.4 Å². The van der Waals surface area contributed by atoms with Crippen molar-refractivity contribution in [3.05, 3.63) is 47.4 Å². The summed E-state index contributed by atoms with van der Waals surface area (Å²) in [6.07, 6.45) is 3.78. The van der Waals surface area contributed by atoms with E-state index in [2.05, 4.69) is 63.4 Å². The zero-order valence-electron chi connectivity index (χ0n) is 15.0. The van der Waals surface area contributed by atoms with Crippen LogP contribution in [0.5, 0.6) is 0 Å². The first-order valence-corrected chi connectivity index (χ1v) is 8.87. The van der Waals surface area contributed by atoms with Gasteiger partial charge in [0.05, 0.1) is 0 Å². The van der Waals surface area contributed by atoms with Crippen LogP contribution in [0.25, 0.3) is 5.78 Å². The molecule has 1 aromatic carbocycles. The van der Waals surface area contributed by atoms with Crippen molar-refractivity contribution >= 4 is 17.3 Å². The Kier molecular flexibility index (Phi) is 4.03. The van der Waals surface area contributed by atoms with E-state index in [-0.39, 0.29) is 0 Å². The SMILES string of the molecule is Cc1cccc(NC2CCN(c3c(C)c(C)nc4ncnn34)CC2)c1. The second-order valence-corrected chi connectivity index (χ2v) is 6.89. The van der Waals surface area contributed by atoms with E-state index in [4.69, 9.17) is 0 Å². The quantitative estimate of drug-likeness (QED) is 0.796. The van der Waals surface area contributed by atoms with Gasteiger partial charge in [0.1, 0.15) is 12.1 Å². The van der Waals surface area contributed by atoms with Crippen LogP contribution in [0.1, 0.15) is 29.7 Å². The third-order valence-corrected chi connectivity index (χ3v) is 5.06. The monoisotopic (exact) mass is 336 g/mol. The Labute approximate surface area is 147 Å². The molecule has 1 fully saturated rings. The molecule has 0 atom stereocenters. The maximum atomic E-state index is 4.52. The number of benzene rings is 1. The summed E-state index contributed by atoms with van der Waals surface area (Å²) in [5.74, 6) is 1.81. The molecule has 0 spiro atoms. The van der Waals surface area contributed by atoms with E-state index in [9.17, 15) is 0 Å². The molecule has 4 rings (SSSR count). The van der Waals surface area contributed by atoms with Gasteiger partial charge in [-0.15, -0.1) is 0 Å². The molecule has 25 heavy (non-hydrogen) atoms. The van der Waals surface area contributed by atoms with Crippen molar-refractivity contribution in [2.75, 3.05) is 23.3 Å². The topological polar surface area (TPSA) is 58.3 Å². The Hall–Kier alpha value is -2.63. The van der Waals surface area contributed by atoms with E-state index in [0.717, 1.165) is 37.4 Å². The Morgan fingerprint density at radius 1 is 1.12 bits per heavy atom. The van der Waals surface area contributed by atoms with Crippen LogP contribution in [-0.4, -0.2) is 38.7 Å². The Bertz CT molecular complexity index is 892. The van der Waals surface area contributed by atoms with Gasteiger partial charge in [0.2, 0.25) is 0 Å². The van der Waals surface area contributed by atoms with Gasteiger partial charge >= 0.3 is 0 Å². The average Bonchev–Trinajstić information content (AvgIpc) is 3.05. The normalized spacial score (nSPS) is 15.7. The molecule has 1 N–H and O–H groups in total. The molecule has 130 valence electrons. The summed E-state index contributed by atoms with van der Waals surface area (Å²) in [4.78, 5) is 11.2. The summed E-state index contributed by atoms with van der Waals surface area (Å²) in [7, 11) is 0. The third-order valence-electron chi connectivity index (χ3n) is 5.06. The number of fused-ring (bicyclic) bond motifs is 1. The molecule has 0 bridgehead atoms. The van der Waals surface area contributed by atoms with Crippen molar-refractivity contribution in [1.82, 2.24) is 19.6 Å². The molecule has 1 saturated heterocycles. The van der Waals surface area contributed by atoms with Gasteiger partial charge < -0.3 is 10.2 Å². The first kappa shape index (κ1) is 15.9. The van der Waals surface area contributed by atoms with E-state index in [1.54, 1.807) is 6.33 Å². The van der Waals surface area contributed by atoms with Gasteiger partial charge in [-0.25, -0.2) is 4.98 Å². The van der Waals surface area contributed by atoms with Crippen LogP contribution < -0.4 is 10.2 Å². The lowest BCUT2D eigenvalue weighted by atomic mass is 10.0. The Morgan fingerprint density at radius 2 is 1.92 bits per heavy atom. The highest BCUT2D eigenvalue weighted by Gasteiger charge is 2.23. The predicted molar refractivity (Wildman–Crippen MR) is 100 cm³/mol. The molecule has 0 radical (unpaired) electrons. The fourth-order valence-electron chi connectivity index (χ4n) is 3.59. The van der Waals surface area contributed by atoms with Crippen LogP contribution in [0.15, 0.2) is 30.6 Å². The minimum atomic E-state index is 0.507. The van der Waals surface area contributed by atoms with Crippen molar-refractivity contribution in [2.45, 2.75) is 39.7 Å². The fourth-order valence-corrected chi connectivity index (χ4v) is 3.59. The standard InChI is InChI=1S/C19H24N6/c1-13-5-4-6-17(11-13)23-16-7-9-24(10-8-16)18-14(2)15(3)22-19-20-12-21-25(18)19/h4-6,11-12,16,23H,7-10H2,1-3H3. The molecule has 3 aromatic rings. The zero-order chi connectivity index (χ0) is 17.4. The molecular weight excluding hydrogens is 312 g/mol. The molecule has 1 aliphatic rings. The van der Waals surface area contributed by atoms with Crippen molar-refractivity contribution in [2.24, 2.45) is 0 Å². The van der Waals surface area contributed by atoms with Gasteiger partial charge in [-0.05, 0) is 51.3 Å². The van der Waals surface area contributed by atoms with E-state index >= 15 is 0 Å². The molecule has 2 aromatic heterocycles. The summed E-state index contributed by atoms with van der Waals surface area (Å²) < 4.78 is 1.87. The molecule has 3 heterocycles. The summed E-state index contributed by atoms with van der Waals surface area (Å²) in [6, 6.07) is 9.10. The highest BCUT2D eigenvalue weighted by molar-refractivity contribution is 5.54. The van der Waals surface area contributed by atoms with Crippen molar-refractivity contribution < 1.29 is 0 Å². The number of nitrogens with zero attached hydrogens (tertiary/aromatic N) is 5. The highest BCUT2D eigenvalue weighted by Crippen LogP contribution is 2.26. The maximum Gasteiger partial charge on any atom is 0.254 e. The van der Waals surface area contributed by atoms with E-state index < -0.39 is 0 Å². The first-order chi connectivity index (χ1) is 12.1. The fraction of sp³-hybridized carbons (Fsp3) is 0.421. The number of nitrogens with one attached hydrogen (secondary N) is 1. The van der Waals surface area contributed by atoms with Crippen LogP contribution >= 0.6 is 0 Å². The predicted octanol–water partition coefficient (Wildman–Crippen LogP) is 3.13. The van der Waals surface area contributed by atoms with Crippen LogP contribution in [0.3, 0.4) is 0 Å². The minimum absolute atomic E-state index is 0.507. The van der Waals surface area contributed by atoms with Gasteiger partial charge in [-0.1, -0.05) is 12.1 Å². The van der Waals surface area contributed by atoms with Crippen LogP contribution in [0.4, 0.5) is 11.5 Å². The molecular formula is C19H24N6. The first-order valence-electron chi connectivity index (χ1n) is 8.87. The summed E-state index contributed by atoms with van der Waals surface area (Å²) in [5, 5.41) is 8.06. The smallest absolute Gasteiger partial charge is 0.254 e. The van der Waals surface area contributed by atoms with Crippen LogP contribution in [0, 0.1) is 20.8 Å². The van der Waals surface area contributed by atoms with Crippen molar-refractivity contribution in [3.8, 4) is 0 Å². The number of rotatable bonds is 3. The van der Waals surface area contributed by atoms with Crippen molar-refractivity contribution in [3.63, 3.8) is 0 Å². The summed E-state index contributed by atoms with van der Waals surface area (Å²) >= 11 is 0. The largest absolute Gasteiger partial charge is 0.382 e. The number of aromatic nitrogens is 4. The van der Waals surface area contributed by atoms with Gasteiger partial charge in [0, 0.05) is 36.1 Å². The second-order valence-electron chi connectivity index (χ2n) is 6.89. The van der Waals surface area contributed by atoms with E-state index in [0.29, 0.717) is 11.8 Å². The molecule has 0 aliphatic carbocycles. The zero-order valence-corrected chi connectivity index (χ0v) is 15.0. The molecule has 0 saturated carbocycles. The van der Waals surface area contributed by atoms with Gasteiger partial charge in [0.15, 0.2) is 0 Å². The average molecular weight is 336 g/mol. The summed E-state index contributed by atoms with van der Waals surface area (Å²) in [5.41, 5.74) is 4.71. The minimum Gasteiger partial charge on any atom is -0.382 e. The highest BCUT2D eigenvalue weighted by atomic mass is 15.4. The van der Waals surface area contributed by atoms with Crippen molar-refractivity contribution in [1.29, 1.82) is 0 Å². The lowest BCUT2D eigenvalue weighted by Crippen LogP contribution is -2.40. The number of piperidine rings is 1. The van der Waals surface area contributed by atoms with E-state index in [1.165, 1.54) is 16.8 Å².